The highest BCUT2D eigenvalue weighted by Crippen LogP contribution is 2.42. The van der Waals surface area contributed by atoms with Crippen LogP contribution in [0.1, 0.15) is 51.2 Å². The fraction of sp³-hybridized carbons (Fsp3) is 0.484. The molecule has 3 unspecified atom stereocenters. The Morgan fingerprint density at radius 1 is 1.08 bits per heavy atom. The first kappa shape index (κ1) is 27.6. The van der Waals surface area contributed by atoms with Crippen molar-refractivity contribution in [2.45, 2.75) is 58.6 Å². The summed E-state index contributed by atoms with van der Waals surface area (Å²) in [6.07, 6.45) is 5.06. The van der Waals surface area contributed by atoms with Crippen LogP contribution in [0.25, 0.3) is 6.08 Å². The van der Waals surface area contributed by atoms with Gasteiger partial charge < -0.3 is 24.4 Å². The van der Waals surface area contributed by atoms with Crippen LogP contribution in [0.15, 0.2) is 54.3 Å². The number of hydrogen-bond acceptors (Lipinski definition) is 5. The molecule has 0 radical (unpaired) electrons. The number of morpholine rings is 1. The van der Waals surface area contributed by atoms with E-state index < -0.39 is 0 Å². The summed E-state index contributed by atoms with van der Waals surface area (Å²) in [7, 11) is 3.21. The normalized spacial score (nSPS) is 22.4. The molecule has 3 atom stereocenters. The summed E-state index contributed by atoms with van der Waals surface area (Å²) in [5.74, 6) is 1.70. The van der Waals surface area contributed by atoms with Gasteiger partial charge in [0, 0.05) is 6.54 Å². The fourth-order valence-corrected chi connectivity index (χ4v) is 5.46. The maximum atomic E-state index is 13.6. The van der Waals surface area contributed by atoms with E-state index in [4.69, 9.17) is 14.2 Å². The van der Waals surface area contributed by atoms with Crippen molar-refractivity contribution in [2.75, 3.05) is 27.3 Å². The fourth-order valence-electron chi connectivity index (χ4n) is 5.46. The Morgan fingerprint density at radius 2 is 1.82 bits per heavy atom. The summed E-state index contributed by atoms with van der Waals surface area (Å²) in [5.41, 5.74) is 2.05. The Labute approximate surface area is 226 Å². The van der Waals surface area contributed by atoms with Gasteiger partial charge in [0.2, 0.25) is 5.91 Å². The highest BCUT2D eigenvalue weighted by molar-refractivity contribution is 5.98. The lowest BCUT2D eigenvalue weighted by molar-refractivity contribution is -0.154. The highest BCUT2D eigenvalue weighted by Gasteiger charge is 2.46. The van der Waals surface area contributed by atoms with Gasteiger partial charge in [0.15, 0.2) is 17.3 Å². The van der Waals surface area contributed by atoms with Crippen LogP contribution in [0.4, 0.5) is 0 Å². The first-order valence-electron chi connectivity index (χ1n) is 13.4. The second-order valence-corrected chi connectivity index (χ2v) is 11.2. The Balaban J connectivity index is 1.46. The molecule has 2 aromatic carbocycles. The number of ether oxygens (including phenoxy) is 3. The second kappa shape index (κ2) is 11.9. The number of rotatable bonds is 8. The summed E-state index contributed by atoms with van der Waals surface area (Å²) in [5, 5.41) is 3.00. The Hall–Kier alpha value is -3.48. The number of nitrogens with one attached hydrogen (secondary N) is 1. The zero-order valence-corrected chi connectivity index (χ0v) is 23.2. The summed E-state index contributed by atoms with van der Waals surface area (Å²) in [6, 6.07) is 15.3. The Kier molecular flexibility index (Phi) is 8.65. The van der Waals surface area contributed by atoms with Crippen LogP contribution >= 0.6 is 0 Å². The Morgan fingerprint density at radius 3 is 2.50 bits per heavy atom. The molecule has 2 amide bonds. The largest absolute Gasteiger partial charge is 0.493 e. The van der Waals surface area contributed by atoms with Gasteiger partial charge in [-0.05, 0) is 66.4 Å². The van der Waals surface area contributed by atoms with E-state index in [1.807, 2.05) is 48.5 Å². The van der Waals surface area contributed by atoms with Crippen molar-refractivity contribution < 1.29 is 23.8 Å². The van der Waals surface area contributed by atoms with Gasteiger partial charge in [0.25, 0.3) is 5.91 Å². The number of amides is 2. The van der Waals surface area contributed by atoms with Crippen LogP contribution in [-0.2, 0) is 20.7 Å². The molecule has 1 N–H and O–H groups in total. The third-order valence-corrected chi connectivity index (χ3v) is 7.72. The predicted molar refractivity (Wildman–Crippen MR) is 148 cm³/mol. The predicted octanol–water partition coefficient (Wildman–Crippen LogP) is 4.85. The summed E-state index contributed by atoms with van der Waals surface area (Å²) < 4.78 is 17.0. The molecular formula is C31H40N2O5. The molecule has 1 aliphatic carbocycles. The number of carbonyl (C=O) groups excluding carboxylic acids is 2. The van der Waals surface area contributed by atoms with Crippen molar-refractivity contribution in [1.29, 1.82) is 0 Å². The number of benzene rings is 2. The van der Waals surface area contributed by atoms with Crippen molar-refractivity contribution in [1.82, 2.24) is 10.2 Å². The number of methoxy groups -OCH3 is 2. The monoisotopic (exact) mass is 520 g/mol. The quantitative estimate of drug-likeness (QED) is 0.504. The lowest BCUT2D eigenvalue weighted by Gasteiger charge is -2.48. The highest BCUT2D eigenvalue weighted by atomic mass is 16.5. The van der Waals surface area contributed by atoms with E-state index in [2.05, 4.69) is 26.1 Å². The van der Waals surface area contributed by atoms with Crippen LogP contribution in [0.3, 0.4) is 0 Å². The minimum absolute atomic E-state index is 0.0122. The molecule has 7 nitrogen and oxygen atoms in total. The molecule has 1 heterocycles. The molecule has 38 heavy (non-hydrogen) atoms. The van der Waals surface area contributed by atoms with Crippen LogP contribution in [0.2, 0.25) is 0 Å². The van der Waals surface area contributed by atoms with Crippen LogP contribution in [0, 0.1) is 11.3 Å². The summed E-state index contributed by atoms with van der Waals surface area (Å²) in [4.78, 5) is 28.5. The van der Waals surface area contributed by atoms with E-state index in [0.29, 0.717) is 36.1 Å². The lowest BCUT2D eigenvalue weighted by Crippen LogP contribution is -2.58. The third-order valence-electron chi connectivity index (χ3n) is 7.72. The zero-order chi connectivity index (χ0) is 27.3. The Bertz CT molecular complexity index is 1150. The second-order valence-electron chi connectivity index (χ2n) is 11.2. The molecule has 2 aromatic rings. The smallest absolute Gasteiger partial charge is 0.289 e. The lowest BCUT2D eigenvalue weighted by atomic mass is 9.69. The molecule has 0 bridgehead atoms. The van der Waals surface area contributed by atoms with Gasteiger partial charge in [-0.25, -0.2) is 0 Å². The molecule has 7 heteroatoms. The van der Waals surface area contributed by atoms with E-state index in [0.717, 1.165) is 30.4 Å². The van der Waals surface area contributed by atoms with Gasteiger partial charge in [-0.2, -0.15) is 0 Å². The molecular weight excluding hydrogens is 480 g/mol. The molecule has 1 saturated carbocycles. The average molecular weight is 521 g/mol. The van der Waals surface area contributed by atoms with E-state index in [9.17, 15) is 9.59 Å². The van der Waals surface area contributed by atoms with E-state index in [-0.39, 0.29) is 35.9 Å². The van der Waals surface area contributed by atoms with Crippen molar-refractivity contribution >= 4 is 17.9 Å². The van der Waals surface area contributed by atoms with Gasteiger partial charge in [-0.3, -0.25) is 9.59 Å². The number of nitrogens with zero attached hydrogens (tertiary/aromatic N) is 1. The molecule has 2 fully saturated rings. The number of fused-ring (bicyclic) bond motifs is 1. The van der Waals surface area contributed by atoms with Crippen LogP contribution < -0.4 is 14.8 Å². The first-order chi connectivity index (χ1) is 18.2. The van der Waals surface area contributed by atoms with Crippen molar-refractivity contribution in [2.24, 2.45) is 11.3 Å². The van der Waals surface area contributed by atoms with Crippen molar-refractivity contribution in [3.05, 3.63) is 65.4 Å². The standard InChI is InChI=1S/C31H40N2O5/c1-31(2,3)23-12-14-25-24(19-23)33(30(35)28(38-25)18-21-9-7-6-8-10-21)20-29(34)32-16-15-22-11-13-26(36-4)27(17-22)37-5/h6-11,13,17-18,23-25H,12,14-16,19-20H2,1-5H3,(H,32,34)/b28-18-. The minimum atomic E-state index is -0.222. The summed E-state index contributed by atoms with van der Waals surface area (Å²) in [6.45, 7) is 7.21. The maximum absolute atomic E-state index is 13.6. The van der Waals surface area contributed by atoms with E-state index in [1.165, 1.54) is 0 Å². The maximum Gasteiger partial charge on any atom is 0.289 e. The SMILES string of the molecule is COc1ccc(CCNC(=O)CN2C(=O)/C(=C/c3ccccc3)OC3CCC(C(C)(C)C)CC32)cc1OC. The molecule has 4 rings (SSSR count). The van der Waals surface area contributed by atoms with Gasteiger partial charge >= 0.3 is 0 Å². The molecule has 2 aliphatic rings. The number of hydrogen-bond donors (Lipinski definition) is 1. The molecule has 0 spiro atoms. The van der Waals surface area contributed by atoms with Gasteiger partial charge in [-0.15, -0.1) is 0 Å². The van der Waals surface area contributed by atoms with Gasteiger partial charge in [-0.1, -0.05) is 57.2 Å². The van der Waals surface area contributed by atoms with Gasteiger partial charge in [0.05, 0.1) is 20.3 Å². The van der Waals surface area contributed by atoms with E-state index in [1.54, 1.807) is 25.2 Å². The van der Waals surface area contributed by atoms with Crippen LogP contribution in [0.5, 0.6) is 11.5 Å². The third kappa shape index (κ3) is 6.50. The van der Waals surface area contributed by atoms with Crippen molar-refractivity contribution in [3.8, 4) is 11.5 Å². The molecule has 0 aromatic heterocycles. The van der Waals surface area contributed by atoms with E-state index >= 15 is 0 Å². The molecule has 204 valence electrons. The number of carbonyl (C=O) groups is 2. The summed E-state index contributed by atoms with van der Waals surface area (Å²) >= 11 is 0. The molecule has 1 aliphatic heterocycles. The van der Waals surface area contributed by atoms with Crippen LogP contribution in [-0.4, -0.2) is 56.2 Å². The zero-order valence-electron chi connectivity index (χ0n) is 23.2. The minimum Gasteiger partial charge on any atom is -0.493 e. The first-order valence-corrected chi connectivity index (χ1v) is 13.4. The van der Waals surface area contributed by atoms with Gasteiger partial charge in [0.1, 0.15) is 12.6 Å². The molecule has 1 saturated heterocycles. The van der Waals surface area contributed by atoms with Crippen molar-refractivity contribution in [3.63, 3.8) is 0 Å². The average Bonchev–Trinajstić information content (AvgIpc) is 2.90. The topological polar surface area (TPSA) is 77.1 Å².